The van der Waals surface area contributed by atoms with Crippen molar-refractivity contribution >= 4 is 0 Å². The first-order valence-electron chi connectivity index (χ1n) is 8.87. The maximum atomic E-state index is 9.66. The first kappa shape index (κ1) is 18.9. The molecule has 0 spiro atoms. The van der Waals surface area contributed by atoms with Crippen LogP contribution in [-0.4, -0.2) is 55.0 Å². The van der Waals surface area contributed by atoms with Crippen LogP contribution in [0.25, 0.3) is 0 Å². The summed E-state index contributed by atoms with van der Waals surface area (Å²) in [6.07, 6.45) is 9.18. The molecule has 1 heterocycles. The van der Waals surface area contributed by atoms with Crippen molar-refractivity contribution in [2.24, 2.45) is 11.7 Å². The van der Waals surface area contributed by atoms with Gasteiger partial charge in [-0.1, -0.05) is 52.4 Å². The Kier molecular flexibility index (Phi) is 10.3. The minimum atomic E-state index is -0.403. The van der Waals surface area contributed by atoms with Crippen LogP contribution in [0.4, 0.5) is 0 Å². The summed E-state index contributed by atoms with van der Waals surface area (Å²) in [6, 6.07) is 0. The molecule has 1 rings (SSSR count). The van der Waals surface area contributed by atoms with E-state index in [-0.39, 0.29) is 0 Å². The lowest BCUT2D eigenvalue weighted by Crippen LogP contribution is -2.47. The average molecular weight is 300 g/mol. The van der Waals surface area contributed by atoms with Crippen molar-refractivity contribution in [3.8, 4) is 0 Å². The summed E-state index contributed by atoms with van der Waals surface area (Å²) < 4.78 is 5.88. The third kappa shape index (κ3) is 8.77. The van der Waals surface area contributed by atoms with Gasteiger partial charge in [0.2, 0.25) is 0 Å². The van der Waals surface area contributed by atoms with Crippen LogP contribution in [0.3, 0.4) is 0 Å². The molecule has 0 aromatic carbocycles. The van der Waals surface area contributed by atoms with Gasteiger partial charge in [-0.2, -0.15) is 0 Å². The number of aliphatic hydroxyl groups is 1. The molecule has 0 bridgehead atoms. The Morgan fingerprint density at radius 3 is 2.76 bits per heavy atom. The molecule has 3 atom stereocenters. The van der Waals surface area contributed by atoms with Crippen molar-refractivity contribution in [1.82, 2.24) is 4.90 Å². The van der Waals surface area contributed by atoms with Crippen molar-refractivity contribution < 1.29 is 9.84 Å². The number of unbranched alkanes of at least 4 members (excludes halogenated alkanes) is 4. The van der Waals surface area contributed by atoms with Crippen LogP contribution in [0, 0.1) is 5.92 Å². The maximum Gasteiger partial charge on any atom is 0.0789 e. The molecule has 4 heteroatoms. The van der Waals surface area contributed by atoms with E-state index in [9.17, 15) is 5.11 Å². The molecule has 0 aromatic heterocycles. The van der Waals surface area contributed by atoms with Crippen LogP contribution in [0.2, 0.25) is 0 Å². The summed E-state index contributed by atoms with van der Waals surface area (Å²) in [5.74, 6) is 0.732. The van der Waals surface area contributed by atoms with E-state index in [4.69, 9.17) is 10.5 Å². The number of rotatable bonds is 11. The molecule has 0 saturated carbocycles. The number of hydrogen-bond acceptors (Lipinski definition) is 4. The highest BCUT2D eigenvalue weighted by Crippen LogP contribution is 2.19. The van der Waals surface area contributed by atoms with Gasteiger partial charge in [-0.25, -0.2) is 0 Å². The Balaban J connectivity index is 2.14. The van der Waals surface area contributed by atoms with Gasteiger partial charge < -0.3 is 15.6 Å². The first-order valence-corrected chi connectivity index (χ1v) is 8.87. The zero-order valence-electron chi connectivity index (χ0n) is 14.1. The van der Waals surface area contributed by atoms with E-state index in [2.05, 4.69) is 18.7 Å². The summed E-state index contributed by atoms with van der Waals surface area (Å²) >= 11 is 0. The van der Waals surface area contributed by atoms with Crippen molar-refractivity contribution in [2.75, 3.05) is 32.8 Å². The highest BCUT2D eigenvalue weighted by Gasteiger charge is 2.23. The van der Waals surface area contributed by atoms with Crippen LogP contribution in [0.15, 0.2) is 0 Å². The normalized spacial score (nSPS) is 23.1. The predicted octanol–water partition coefficient (Wildman–Crippen LogP) is 2.39. The van der Waals surface area contributed by atoms with Crippen LogP contribution < -0.4 is 5.73 Å². The molecular weight excluding hydrogens is 264 g/mol. The minimum Gasteiger partial charge on any atom is -0.390 e. The smallest absolute Gasteiger partial charge is 0.0789 e. The number of nitrogens with two attached hydrogens (primary N) is 1. The van der Waals surface area contributed by atoms with Gasteiger partial charge in [-0.3, -0.25) is 4.90 Å². The van der Waals surface area contributed by atoms with Crippen molar-refractivity contribution in [3.05, 3.63) is 0 Å². The van der Waals surface area contributed by atoms with E-state index in [1.165, 1.54) is 38.5 Å². The van der Waals surface area contributed by atoms with Crippen molar-refractivity contribution in [2.45, 2.75) is 71.0 Å². The number of ether oxygens (including phenoxy) is 1. The van der Waals surface area contributed by atoms with Gasteiger partial charge >= 0.3 is 0 Å². The van der Waals surface area contributed by atoms with E-state index in [1.54, 1.807) is 0 Å². The van der Waals surface area contributed by atoms with Gasteiger partial charge in [0.25, 0.3) is 0 Å². The van der Waals surface area contributed by atoms with Gasteiger partial charge in [0, 0.05) is 26.2 Å². The number of aliphatic hydroxyl groups excluding tert-OH is 1. The molecule has 1 aliphatic heterocycles. The molecule has 4 nitrogen and oxygen atoms in total. The lowest BCUT2D eigenvalue weighted by atomic mass is 9.95. The molecule has 3 N–H and O–H groups in total. The van der Waals surface area contributed by atoms with Gasteiger partial charge in [0.1, 0.15) is 0 Å². The lowest BCUT2D eigenvalue weighted by Gasteiger charge is -2.35. The summed E-state index contributed by atoms with van der Waals surface area (Å²) in [5.41, 5.74) is 5.49. The minimum absolute atomic E-state index is 0.328. The quantitative estimate of drug-likeness (QED) is 0.575. The Hall–Kier alpha value is -0.160. The number of nitrogens with zero attached hydrogens (tertiary/aromatic N) is 1. The highest BCUT2D eigenvalue weighted by molar-refractivity contribution is 4.75. The fourth-order valence-electron chi connectivity index (χ4n) is 3.12. The number of morpholine rings is 1. The SMILES string of the molecule is CCCCCCCC(C)CC1CN(C[C@H](O)CN)CCO1. The molecule has 126 valence electrons. The molecular formula is C17H36N2O2. The van der Waals surface area contributed by atoms with Crippen LogP contribution in [0.1, 0.15) is 58.8 Å². The topological polar surface area (TPSA) is 58.7 Å². The number of β-amino-alcohol motifs (C(OH)–C–C–N with tert-alkyl or cyclic N) is 1. The molecule has 0 aliphatic carbocycles. The van der Waals surface area contributed by atoms with Crippen molar-refractivity contribution in [1.29, 1.82) is 0 Å². The fraction of sp³-hybridized carbons (Fsp3) is 1.00. The van der Waals surface area contributed by atoms with Gasteiger partial charge in [-0.15, -0.1) is 0 Å². The molecule has 1 aliphatic rings. The Morgan fingerprint density at radius 2 is 2.05 bits per heavy atom. The highest BCUT2D eigenvalue weighted by atomic mass is 16.5. The van der Waals surface area contributed by atoms with E-state index in [0.717, 1.165) is 32.0 Å². The molecule has 2 unspecified atom stereocenters. The predicted molar refractivity (Wildman–Crippen MR) is 88.4 cm³/mol. The largest absolute Gasteiger partial charge is 0.390 e. The summed E-state index contributed by atoms with van der Waals surface area (Å²) in [5, 5.41) is 9.66. The van der Waals surface area contributed by atoms with Crippen LogP contribution >= 0.6 is 0 Å². The monoisotopic (exact) mass is 300 g/mol. The Bertz CT molecular complexity index is 251. The second kappa shape index (κ2) is 11.4. The van der Waals surface area contributed by atoms with E-state index in [1.807, 2.05) is 0 Å². The summed E-state index contributed by atoms with van der Waals surface area (Å²) in [7, 11) is 0. The molecule has 0 amide bonds. The maximum absolute atomic E-state index is 9.66. The van der Waals surface area contributed by atoms with Gasteiger partial charge in [0.15, 0.2) is 0 Å². The second-order valence-electron chi connectivity index (χ2n) is 6.69. The second-order valence-corrected chi connectivity index (χ2v) is 6.69. The lowest BCUT2D eigenvalue weighted by molar-refractivity contribution is -0.0485. The van der Waals surface area contributed by atoms with E-state index in [0.29, 0.717) is 19.2 Å². The third-order valence-corrected chi connectivity index (χ3v) is 4.43. The molecule has 21 heavy (non-hydrogen) atoms. The van der Waals surface area contributed by atoms with E-state index < -0.39 is 6.10 Å². The molecule has 0 aromatic rings. The zero-order valence-corrected chi connectivity index (χ0v) is 14.1. The summed E-state index contributed by atoms with van der Waals surface area (Å²) in [4.78, 5) is 2.29. The summed E-state index contributed by atoms with van der Waals surface area (Å²) in [6.45, 7) is 8.27. The van der Waals surface area contributed by atoms with Crippen LogP contribution in [0.5, 0.6) is 0 Å². The Labute approximate surface area is 131 Å². The molecule has 0 radical (unpaired) electrons. The van der Waals surface area contributed by atoms with E-state index >= 15 is 0 Å². The Morgan fingerprint density at radius 1 is 1.29 bits per heavy atom. The van der Waals surface area contributed by atoms with Gasteiger partial charge in [-0.05, 0) is 12.3 Å². The third-order valence-electron chi connectivity index (χ3n) is 4.43. The average Bonchev–Trinajstić information content (AvgIpc) is 2.47. The molecule has 1 saturated heterocycles. The van der Waals surface area contributed by atoms with Gasteiger partial charge in [0.05, 0.1) is 18.8 Å². The van der Waals surface area contributed by atoms with Crippen molar-refractivity contribution in [3.63, 3.8) is 0 Å². The standard InChI is InChI=1S/C17H36N2O2/c1-3-4-5-6-7-8-15(2)11-17-14-19(9-10-21-17)13-16(20)12-18/h15-17,20H,3-14,18H2,1-2H3/t15?,16-,17?/m1/s1. The first-order chi connectivity index (χ1) is 10.2. The molecule has 1 fully saturated rings. The fourth-order valence-corrected chi connectivity index (χ4v) is 3.12. The number of hydrogen-bond donors (Lipinski definition) is 2. The zero-order chi connectivity index (χ0) is 15.5. The van der Waals surface area contributed by atoms with Crippen LogP contribution in [-0.2, 0) is 4.74 Å².